The number of hydrogen-bond acceptors (Lipinski definition) is 5. The van der Waals surface area contributed by atoms with Gasteiger partial charge in [0.15, 0.2) is 0 Å². The molecule has 0 saturated carbocycles. The number of rotatable bonds is 2. The van der Waals surface area contributed by atoms with Gasteiger partial charge in [0.1, 0.15) is 0 Å². The summed E-state index contributed by atoms with van der Waals surface area (Å²) in [6, 6.07) is 11.9. The fraction of sp³-hybridized carbons (Fsp3) is 0.143. The van der Waals surface area contributed by atoms with Crippen molar-refractivity contribution in [2.45, 2.75) is 15.9 Å². The van der Waals surface area contributed by atoms with Crippen molar-refractivity contribution in [3.05, 3.63) is 42.5 Å². The van der Waals surface area contributed by atoms with Gasteiger partial charge in [0, 0.05) is 5.39 Å². The first-order chi connectivity index (χ1) is 9.86. The highest BCUT2D eigenvalue weighted by Crippen LogP contribution is 2.41. The molecule has 0 bridgehead atoms. The summed E-state index contributed by atoms with van der Waals surface area (Å²) in [5, 5.41) is 2.69. The summed E-state index contributed by atoms with van der Waals surface area (Å²) in [6.07, 6.45) is 0. The Morgan fingerprint density at radius 1 is 1.05 bits per heavy atom. The predicted octanol–water partition coefficient (Wildman–Crippen LogP) is 2.31. The van der Waals surface area contributed by atoms with Crippen molar-refractivity contribution in [3.63, 3.8) is 0 Å². The average Bonchev–Trinajstić information content (AvgIpc) is 2.72. The normalized spacial score (nSPS) is 22.5. The van der Waals surface area contributed by atoms with Crippen LogP contribution in [0.25, 0.3) is 10.8 Å². The summed E-state index contributed by atoms with van der Waals surface area (Å²) < 4.78 is 23.9. The fourth-order valence-electron chi connectivity index (χ4n) is 2.27. The molecule has 0 aromatic heterocycles. The summed E-state index contributed by atoms with van der Waals surface area (Å²) in [7, 11) is -4.02. The van der Waals surface area contributed by atoms with E-state index in [1.54, 1.807) is 36.4 Å². The number of benzene rings is 2. The first kappa shape index (κ1) is 14.1. The molecule has 0 radical (unpaired) electrons. The number of nitrogens with one attached hydrogen (secondary N) is 1. The molecular formula is C14H11NO4S2. The van der Waals surface area contributed by atoms with Crippen LogP contribution in [0.3, 0.4) is 0 Å². The molecule has 1 unspecified atom stereocenters. The molecule has 2 aromatic rings. The van der Waals surface area contributed by atoms with Crippen molar-refractivity contribution < 1.29 is 18.0 Å². The van der Waals surface area contributed by atoms with Crippen LogP contribution in [0.15, 0.2) is 47.4 Å². The van der Waals surface area contributed by atoms with Crippen LogP contribution in [-0.4, -0.2) is 23.6 Å². The van der Waals surface area contributed by atoms with E-state index in [0.717, 1.165) is 5.39 Å². The van der Waals surface area contributed by atoms with Crippen molar-refractivity contribution in [2.24, 2.45) is 0 Å². The van der Waals surface area contributed by atoms with E-state index in [2.05, 4.69) is 0 Å². The molecule has 0 aliphatic carbocycles. The van der Waals surface area contributed by atoms with Gasteiger partial charge in [-0.1, -0.05) is 36.4 Å². The van der Waals surface area contributed by atoms with E-state index in [1.165, 1.54) is 13.0 Å². The SMILES string of the molecule is CC1(S(=O)(=O)c2cccc3ccccc23)SC(=O)NC1=O. The van der Waals surface area contributed by atoms with Gasteiger partial charge in [0.2, 0.25) is 13.9 Å². The Morgan fingerprint density at radius 3 is 2.38 bits per heavy atom. The van der Waals surface area contributed by atoms with E-state index < -0.39 is 25.1 Å². The van der Waals surface area contributed by atoms with Crippen LogP contribution in [0, 0.1) is 0 Å². The van der Waals surface area contributed by atoms with Crippen molar-refractivity contribution in [1.82, 2.24) is 5.32 Å². The molecule has 1 heterocycles. The number of carbonyl (C=O) groups excluding carboxylic acids is 2. The average molecular weight is 321 g/mol. The zero-order chi connectivity index (χ0) is 15.3. The number of imide groups is 1. The molecule has 5 nitrogen and oxygen atoms in total. The van der Waals surface area contributed by atoms with Crippen molar-refractivity contribution >= 4 is 43.5 Å². The van der Waals surface area contributed by atoms with E-state index in [4.69, 9.17) is 0 Å². The third kappa shape index (κ3) is 1.96. The molecule has 1 N–H and O–H groups in total. The number of hydrogen-bond donors (Lipinski definition) is 1. The standard InChI is InChI=1S/C14H11NO4S2/c1-14(12(16)15-13(17)20-14)21(18,19)11-8-4-6-9-5-2-3-7-10(9)11/h2-8H,1H3,(H,15,16,17). The Labute approximate surface area is 125 Å². The number of carbonyl (C=O) groups is 2. The maximum Gasteiger partial charge on any atom is 0.287 e. The minimum atomic E-state index is -4.02. The highest BCUT2D eigenvalue weighted by atomic mass is 32.3. The highest BCUT2D eigenvalue weighted by Gasteiger charge is 2.55. The highest BCUT2D eigenvalue weighted by molar-refractivity contribution is 8.25. The molecule has 21 heavy (non-hydrogen) atoms. The Morgan fingerprint density at radius 2 is 1.71 bits per heavy atom. The van der Waals surface area contributed by atoms with Gasteiger partial charge in [0.05, 0.1) is 4.90 Å². The van der Waals surface area contributed by atoms with Gasteiger partial charge < -0.3 is 0 Å². The monoisotopic (exact) mass is 321 g/mol. The smallest absolute Gasteiger partial charge is 0.285 e. The first-order valence-corrected chi connectivity index (χ1v) is 8.43. The molecule has 2 aromatic carbocycles. The lowest BCUT2D eigenvalue weighted by molar-refractivity contribution is -0.119. The molecule has 108 valence electrons. The predicted molar refractivity (Wildman–Crippen MR) is 80.7 cm³/mol. The minimum Gasteiger partial charge on any atom is -0.285 e. The molecule has 1 saturated heterocycles. The van der Waals surface area contributed by atoms with Crippen molar-refractivity contribution in [1.29, 1.82) is 0 Å². The quantitative estimate of drug-likeness (QED) is 0.918. The van der Waals surface area contributed by atoms with Crippen molar-refractivity contribution in [3.8, 4) is 0 Å². The first-order valence-electron chi connectivity index (χ1n) is 6.13. The Hall–Kier alpha value is -1.86. The third-order valence-corrected chi connectivity index (χ3v) is 7.38. The van der Waals surface area contributed by atoms with Crippen LogP contribution in [0.2, 0.25) is 0 Å². The van der Waals surface area contributed by atoms with Gasteiger partial charge in [-0.2, -0.15) is 0 Å². The second-order valence-electron chi connectivity index (χ2n) is 4.77. The maximum absolute atomic E-state index is 12.9. The largest absolute Gasteiger partial charge is 0.287 e. The van der Waals surface area contributed by atoms with Gasteiger partial charge in [-0.25, -0.2) is 8.42 Å². The molecule has 1 aliphatic heterocycles. The third-order valence-electron chi connectivity index (χ3n) is 3.47. The molecule has 7 heteroatoms. The number of sulfone groups is 1. The van der Waals surface area contributed by atoms with E-state index >= 15 is 0 Å². The second kappa shape index (κ2) is 4.57. The molecule has 1 fully saturated rings. The van der Waals surface area contributed by atoms with Crippen LogP contribution in [0.5, 0.6) is 0 Å². The fourth-order valence-corrected chi connectivity index (χ4v) is 5.30. The summed E-state index contributed by atoms with van der Waals surface area (Å²) in [5.41, 5.74) is 0. The lowest BCUT2D eigenvalue weighted by Crippen LogP contribution is -2.41. The van der Waals surface area contributed by atoms with Crippen LogP contribution in [0.4, 0.5) is 4.79 Å². The van der Waals surface area contributed by atoms with Crippen molar-refractivity contribution in [2.75, 3.05) is 0 Å². The van der Waals surface area contributed by atoms with Gasteiger partial charge in [-0.3, -0.25) is 14.9 Å². The molecule has 2 amide bonds. The lowest BCUT2D eigenvalue weighted by atomic mass is 10.1. The summed E-state index contributed by atoms with van der Waals surface area (Å²) in [5.74, 6) is -0.801. The summed E-state index contributed by atoms with van der Waals surface area (Å²) in [6.45, 7) is 1.26. The van der Waals surface area contributed by atoms with E-state index in [-0.39, 0.29) is 4.90 Å². The Kier molecular flexibility index (Phi) is 3.07. The van der Waals surface area contributed by atoms with Crippen LogP contribution in [-0.2, 0) is 14.6 Å². The van der Waals surface area contributed by atoms with Crippen LogP contribution < -0.4 is 5.32 Å². The second-order valence-corrected chi connectivity index (χ2v) is 8.68. The van der Waals surface area contributed by atoms with Crippen LogP contribution >= 0.6 is 11.8 Å². The number of fused-ring (bicyclic) bond motifs is 1. The van der Waals surface area contributed by atoms with E-state index in [1.807, 2.05) is 5.32 Å². The van der Waals surface area contributed by atoms with Gasteiger partial charge in [-0.15, -0.1) is 0 Å². The minimum absolute atomic E-state index is 0.0560. The molecule has 1 aliphatic rings. The Bertz CT molecular complexity index is 870. The van der Waals surface area contributed by atoms with Crippen LogP contribution in [0.1, 0.15) is 6.92 Å². The molecule has 0 spiro atoms. The molecular weight excluding hydrogens is 310 g/mol. The van der Waals surface area contributed by atoms with Gasteiger partial charge in [-0.05, 0) is 30.1 Å². The summed E-state index contributed by atoms with van der Waals surface area (Å²) >= 11 is 0.499. The lowest BCUT2D eigenvalue weighted by Gasteiger charge is -2.20. The van der Waals surface area contributed by atoms with E-state index in [0.29, 0.717) is 17.1 Å². The summed E-state index contributed by atoms with van der Waals surface area (Å²) in [4.78, 5) is 23.4. The maximum atomic E-state index is 12.9. The zero-order valence-electron chi connectivity index (χ0n) is 11.0. The zero-order valence-corrected chi connectivity index (χ0v) is 12.6. The molecule has 1 atom stereocenters. The number of thioether (sulfide) groups is 1. The molecule has 3 rings (SSSR count). The van der Waals surface area contributed by atoms with E-state index in [9.17, 15) is 18.0 Å². The van der Waals surface area contributed by atoms with Gasteiger partial charge >= 0.3 is 0 Å². The topological polar surface area (TPSA) is 80.3 Å². The Balaban J connectivity index is 2.27. The van der Waals surface area contributed by atoms with Gasteiger partial charge in [0.25, 0.3) is 11.1 Å². The number of amides is 2.